The molecule has 0 radical (unpaired) electrons. The van der Waals surface area contributed by atoms with E-state index in [4.69, 9.17) is 0 Å². The highest BCUT2D eigenvalue weighted by Crippen LogP contribution is 2.29. The summed E-state index contributed by atoms with van der Waals surface area (Å²) in [5.74, 6) is 0.0210. The van der Waals surface area contributed by atoms with Gasteiger partial charge in [-0.2, -0.15) is 13.2 Å². The summed E-state index contributed by atoms with van der Waals surface area (Å²) in [5, 5.41) is 2.19. The number of hydrogen-bond donors (Lipinski definition) is 0. The van der Waals surface area contributed by atoms with Crippen molar-refractivity contribution in [1.82, 2.24) is 0 Å². The fourth-order valence-corrected chi connectivity index (χ4v) is 2.85. The first-order chi connectivity index (χ1) is 11.9. The molecule has 0 saturated heterocycles. The third kappa shape index (κ3) is 4.47. The summed E-state index contributed by atoms with van der Waals surface area (Å²) in [4.78, 5) is 12.2. The minimum Gasteiger partial charge on any atom is -0.299 e. The van der Waals surface area contributed by atoms with Crippen LogP contribution in [-0.4, -0.2) is 5.78 Å². The first-order valence-electron chi connectivity index (χ1n) is 8.07. The Bertz CT molecular complexity index is 897. The van der Waals surface area contributed by atoms with Gasteiger partial charge in [-0.1, -0.05) is 60.7 Å². The van der Waals surface area contributed by atoms with Crippen molar-refractivity contribution in [2.45, 2.75) is 25.4 Å². The molecule has 0 bridgehead atoms. The molecular weight excluding hydrogens is 325 g/mol. The molecule has 0 aliphatic rings. The highest BCUT2D eigenvalue weighted by Gasteiger charge is 2.30. The van der Waals surface area contributed by atoms with Crippen LogP contribution >= 0.6 is 0 Å². The van der Waals surface area contributed by atoms with E-state index >= 15 is 0 Å². The first-order valence-corrected chi connectivity index (χ1v) is 8.07. The molecular formula is C21H17F3O. The Kier molecular flexibility index (Phi) is 4.88. The topological polar surface area (TPSA) is 17.1 Å². The van der Waals surface area contributed by atoms with Crippen molar-refractivity contribution in [2.24, 2.45) is 0 Å². The van der Waals surface area contributed by atoms with Gasteiger partial charge in [0.2, 0.25) is 0 Å². The van der Waals surface area contributed by atoms with Crippen molar-refractivity contribution in [3.63, 3.8) is 0 Å². The third-order valence-electron chi connectivity index (χ3n) is 4.16. The molecule has 128 valence electrons. The molecule has 3 rings (SSSR count). The van der Waals surface area contributed by atoms with Gasteiger partial charge >= 0.3 is 6.18 Å². The van der Waals surface area contributed by atoms with Crippen LogP contribution in [0.3, 0.4) is 0 Å². The van der Waals surface area contributed by atoms with E-state index < -0.39 is 11.7 Å². The number of hydrogen-bond acceptors (Lipinski definition) is 1. The number of benzene rings is 3. The van der Waals surface area contributed by atoms with Crippen LogP contribution in [0.1, 0.15) is 23.1 Å². The third-order valence-corrected chi connectivity index (χ3v) is 4.16. The van der Waals surface area contributed by atoms with Crippen LogP contribution in [0.5, 0.6) is 0 Å². The monoisotopic (exact) mass is 342 g/mol. The van der Waals surface area contributed by atoms with Gasteiger partial charge in [-0.05, 0) is 34.4 Å². The summed E-state index contributed by atoms with van der Waals surface area (Å²) < 4.78 is 38.1. The smallest absolute Gasteiger partial charge is 0.299 e. The molecule has 0 heterocycles. The van der Waals surface area contributed by atoms with Gasteiger partial charge in [0.25, 0.3) is 0 Å². The van der Waals surface area contributed by atoms with Crippen molar-refractivity contribution in [3.05, 3.63) is 83.4 Å². The van der Waals surface area contributed by atoms with Crippen molar-refractivity contribution in [2.75, 3.05) is 0 Å². The quantitative estimate of drug-likeness (QED) is 0.589. The van der Waals surface area contributed by atoms with Gasteiger partial charge in [0, 0.05) is 12.8 Å². The van der Waals surface area contributed by atoms with E-state index in [-0.39, 0.29) is 12.2 Å². The fourth-order valence-electron chi connectivity index (χ4n) is 2.85. The highest BCUT2D eigenvalue weighted by atomic mass is 19.4. The molecule has 4 heteroatoms. The van der Waals surface area contributed by atoms with Gasteiger partial charge in [-0.15, -0.1) is 0 Å². The van der Waals surface area contributed by atoms with Gasteiger partial charge in [0.05, 0.1) is 5.56 Å². The normalized spacial score (nSPS) is 11.6. The zero-order chi connectivity index (χ0) is 17.9. The van der Waals surface area contributed by atoms with E-state index in [1.807, 2.05) is 42.5 Å². The maximum Gasteiger partial charge on any atom is 0.416 e. The summed E-state index contributed by atoms with van der Waals surface area (Å²) >= 11 is 0. The highest BCUT2D eigenvalue weighted by molar-refractivity contribution is 5.86. The molecule has 0 fully saturated rings. The molecule has 1 nitrogen and oxygen atoms in total. The van der Waals surface area contributed by atoms with E-state index in [0.717, 1.165) is 28.5 Å². The number of halogens is 3. The lowest BCUT2D eigenvalue weighted by Gasteiger charge is -2.08. The molecule has 0 saturated carbocycles. The first kappa shape index (κ1) is 17.2. The summed E-state index contributed by atoms with van der Waals surface area (Å²) in [7, 11) is 0. The van der Waals surface area contributed by atoms with Gasteiger partial charge in [-0.25, -0.2) is 0 Å². The average Bonchev–Trinajstić information content (AvgIpc) is 2.59. The minimum atomic E-state index is -4.36. The van der Waals surface area contributed by atoms with Crippen molar-refractivity contribution >= 4 is 16.6 Å². The Labute approximate surface area is 144 Å². The number of aryl methyl sites for hydroxylation is 1. The molecule has 25 heavy (non-hydrogen) atoms. The number of carbonyl (C=O) groups excluding carboxylic acids is 1. The van der Waals surface area contributed by atoms with E-state index in [9.17, 15) is 18.0 Å². The lowest BCUT2D eigenvalue weighted by atomic mass is 9.99. The summed E-state index contributed by atoms with van der Waals surface area (Å²) in [6.45, 7) is 0. The summed E-state index contributed by atoms with van der Waals surface area (Å²) in [5.41, 5.74) is 0.779. The van der Waals surface area contributed by atoms with E-state index in [0.29, 0.717) is 18.4 Å². The Hall–Kier alpha value is -2.62. The van der Waals surface area contributed by atoms with Crippen LogP contribution in [0.25, 0.3) is 10.8 Å². The molecule has 0 aromatic heterocycles. The van der Waals surface area contributed by atoms with Crippen LogP contribution in [0.2, 0.25) is 0 Å². The molecule has 0 N–H and O–H groups in total. The maximum atomic E-state index is 12.7. The van der Waals surface area contributed by atoms with E-state index in [1.165, 1.54) is 6.07 Å². The van der Waals surface area contributed by atoms with Crippen LogP contribution in [0.15, 0.2) is 66.7 Å². The van der Waals surface area contributed by atoms with Crippen molar-refractivity contribution < 1.29 is 18.0 Å². The lowest BCUT2D eigenvalue weighted by molar-refractivity contribution is -0.137. The Morgan fingerprint density at radius 3 is 2.32 bits per heavy atom. The van der Waals surface area contributed by atoms with E-state index in [2.05, 4.69) is 0 Å². The standard InChI is InChI=1S/C21H17F3O/c22-21(23,24)19-7-3-4-15(13-19)9-11-20(25)14-16-8-10-17-5-1-2-6-18(17)12-16/h1-8,10,12-13H,9,11,14H2. The molecule has 3 aromatic rings. The second kappa shape index (κ2) is 7.09. The average molecular weight is 342 g/mol. The number of alkyl halides is 3. The van der Waals surface area contributed by atoms with Crippen molar-refractivity contribution in [3.8, 4) is 0 Å². The molecule has 0 amide bonds. The van der Waals surface area contributed by atoms with Crippen LogP contribution in [-0.2, 0) is 23.8 Å². The maximum absolute atomic E-state index is 12.7. The largest absolute Gasteiger partial charge is 0.416 e. The molecule has 0 atom stereocenters. The second-order valence-corrected chi connectivity index (χ2v) is 6.10. The second-order valence-electron chi connectivity index (χ2n) is 6.10. The van der Waals surface area contributed by atoms with Crippen LogP contribution in [0.4, 0.5) is 13.2 Å². The Morgan fingerprint density at radius 2 is 1.56 bits per heavy atom. The Balaban J connectivity index is 1.62. The Morgan fingerprint density at radius 1 is 0.800 bits per heavy atom. The number of rotatable bonds is 5. The SMILES string of the molecule is O=C(CCc1cccc(C(F)(F)F)c1)Cc1ccc2ccccc2c1. The number of ketones is 1. The summed E-state index contributed by atoms with van der Waals surface area (Å²) in [6.07, 6.45) is -3.51. The van der Waals surface area contributed by atoms with Gasteiger partial charge in [-0.3, -0.25) is 4.79 Å². The number of carbonyl (C=O) groups is 1. The van der Waals surface area contributed by atoms with Gasteiger partial charge < -0.3 is 0 Å². The van der Waals surface area contributed by atoms with Crippen LogP contribution in [0, 0.1) is 0 Å². The molecule has 0 spiro atoms. The van der Waals surface area contributed by atoms with E-state index in [1.54, 1.807) is 6.07 Å². The van der Waals surface area contributed by atoms with Crippen LogP contribution < -0.4 is 0 Å². The van der Waals surface area contributed by atoms with Gasteiger partial charge in [0.15, 0.2) is 0 Å². The predicted octanol–water partition coefficient (Wildman–Crippen LogP) is 5.60. The summed E-state index contributed by atoms with van der Waals surface area (Å²) in [6, 6.07) is 18.9. The molecule has 0 aliphatic heterocycles. The molecule has 3 aromatic carbocycles. The number of fused-ring (bicyclic) bond motifs is 1. The van der Waals surface area contributed by atoms with Crippen molar-refractivity contribution in [1.29, 1.82) is 0 Å². The minimum absolute atomic E-state index is 0.0210. The lowest BCUT2D eigenvalue weighted by Crippen LogP contribution is -2.07. The fraction of sp³-hybridized carbons (Fsp3) is 0.190. The number of Topliss-reactive ketones (excluding diaryl/α,β-unsaturated/α-hetero) is 1. The molecule has 0 unspecified atom stereocenters. The molecule has 0 aliphatic carbocycles. The zero-order valence-corrected chi connectivity index (χ0v) is 13.5. The zero-order valence-electron chi connectivity index (χ0n) is 13.5. The predicted molar refractivity (Wildman–Crippen MR) is 92.4 cm³/mol. The van der Waals surface area contributed by atoms with Gasteiger partial charge in [0.1, 0.15) is 5.78 Å².